The predicted octanol–water partition coefficient (Wildman–Crippen LogP) is 3.02. The second-order valence-corrected chi connectivity index (χ2v) is 6.73. The van der Waals surface area contributed by atoms with Crippen LogP contribution in [-0.2, 0) is 13.1 Å². The third-order valence-electron chi connectivity index (χ3n) is 4.51. The van der Waals surface area contributed by atoms with Crippen molar-refractivity contribution in [3.8, 4) is 5.75 Å². The average molecular weight is 344 g/mol. The fourth-order valence-corrected chi connectivity index (χ4v) is 3.30. The minimum Gasteiger partial charge on any atom is -0.497 e. The summed E-state index contributed by atoms with van der Waals surface area (Å²) in [7, 11) is 5.59. The first-order chi connectivity index (χ1) is 12.1. The van der Waals surface area contributed by atoms with Crippen LogP contribution < -0.4 is 4.74 Å². The molecule has 1 aliphatic heterocycles. The molecule has 0 amide bonds. The van der Waals surface area contributed by atoms with Crippen LogP contribution >= 0.6 is 0 Å². The van der Waals surface area contributed by atoms with Gasteiger partial charge in [-0.15, -0.1) is 0 Å². The maximum absolute atomic E-state index is 14.3. The van der Waals surface area contributed by atoms with Gasteiger partial charge in [-0.1, -0.05) is 6.07 Å². The van der Waals surface area contributed by atoms with Crippen molar-refractivity contribution in [1.82, 2.24) is 19.8 Å². The number of halogens is 1. The Balaban J connectivity index is 1.77. The number of rotatable bonds is 6. The van der Waals surface area contributed by atoms with Crippen molar-refractivity contribution in [3.63, 3.8) is 0 Å². The smallest absolute Gasteiger partial charge is 0.145 e. The van der Waals surface area contributed by atoms with Gasteiger partial charge in [0.2, 0.25) is 0 Å². The van der Waals surface area contributed by atoms with Gasteiger partial charge in [-0.2, -0.15) is 0 Å². The highest BCUT2D eigenvalue weighted by molar-refractivity contribution is 5.29. The molecule has 2 aromatic rings. The molecule has 1 fully saturated rings. The van der Waals surface area contributed by atoms with E-state index in [4.69, 9.17) is 9.72 Å². The normalized spacial score (nSPS) is 18.0. The standard InChI is InChI=1S/C19H25FN4O/c1-23(2)13-15-8-9-21-19(22-15)18-5-4-10-24(18)12-14-6-7-16(25-3)11-17(14)20/h6-9,11,18H,4-5,10,12-13H2,1-3H3/t18-/m0/s1. The van der Waals surface area contributed by atoms with Gasteiger partial charge < -0.3 is 9.64 Å². The molecule has 0 spiro atoms. The summed E-state index contributed by atoms with van der Waals surface area (Å²) < 4.78 is 19.4. The summed E-state index contributed by atoms with van der Waals surface area (Å²) in [4.78, 5) is 13.6. The van der Waals surface area contributed by atoms with E-state index < -0.39 is 0 Å². The molecule has 1 aliphatic rings. The Labute approximate surface area is 148 Å². The molecule has 2 heterocycles. The number of hydrogen-bond donors (Lipinski definition) is 0. The number of methoxy groups -OCH3 is 1. The number of aromatic nitrogens is 2. The maximum atomic E-state index is 14.3. The molecule has 6 heteroatoms. The first-order valence-electron chi connectivity index (χ1n) is 8.60. The van der Waals surface area contributed by atoms with E-state index in [1.165, 1.54) is 6.07 Å². The topological polar surface area (TPSA) is 41.5 Å². The molecule has 134 valence electrons. The molecular weight excluding hydrogens is 319 g/mol. The van der Waals surface area contributed by atoms with Crippen LogP contribution in [0.4, 0.5) is 4.39 Å². The van der Waals surface area contributed by atoms with Crippen LogP contribution in [0.15, 0.2) is 30.5 Å². The molecule has 0 bridgehead atoms. The third-order valence-corrected chi connectivity index (χ3v) is 4.51. The summed E-state index contributed by atoms with van der Waals surface area (Å²) in [6.45, 7) is 2.27. The summed E-state index contributed by atoms with van der Waals surface area (Å²) in [5.41, 5.74) is 1.69. The van der Waals surface area contributed by atoms with Crippen molar-refractivity contribution in [2.24, 2.45) is 0 Å². The number of ether oxygens (including phenoxy) is 1. The van der Waals surface area contributed by atoms with Crippen molar-refractivity contribution in [2.75, 3.05) is 27.7 Å². The molecule has 1 aromatic heterocycles. The molecular formula is C19H25FN4O. The van der Waals surface area contributed by atoms with E-state index >= 15 is 0 Å². The van der Waals surface area contributed by atoms with Gasteiger partial charge in [0.1, 0.15) is 17.4 Å². The molecule has 3 rings (SSSR count). The van der Waals surface area contributed by atoms with Crippen LogP contribution in [0.2, 0.25) is 0 Å². The van der Waals surface area contributed by atoms with Gasteiger partial charge in [0.25, 0.3) is 0 Å². The Morgan fingerprint density at radius 3 is 2.88 bits per heavy atom. The zero-order chi connectivity index (χ0) is 17.8. The minimum absolute atomic E-state index is 0.142. The second-order valence-electron chi connectivity index (χ2n) is 6.73. The molecule has 1 aromatic carbocycles. The van der Waals surface area contributed by atoms with Gasteiger partial charge in [0.05, 0.1) is 18.8 Å². The Bertz CT molecular complexity index is 722. The predicted molar refractivity (Wildman–Crippen MR) is 94.8 cm³/mol. The molecule has 0 saturated carbocycles. The zero-order valence-electron chi connectivity index (χ0n) is 15.1. The first-order valence-corrected chi connectivity index (χ1v) is 8.60. The Morgan fingerprint density at radius 1 is 1.32 bits per heavy atom. The Morgan fingerprint density at radius 2 is 2.16 bits per heavy atom. The highest BCUT2D eigenvalue weighted by atomic mass is 19.1. The van der Waals surface area contributed by atoms with E-state index in [0.29, 0.717) is 17.9 Å². The fourth-order valence-electron chi connectivity index (χ4n) is 3.30. The van der Waals surface area contributed by atoms with Gasteiger partial charge in [0.15, 0.2) is 0 Å². The molecule has 25 heavy (non-hydrogen) atoms. The molecule has 0 radical (unpaired) electrons. The highest BCUT2D eigenvalue weighted by Gasteiger charge is 2.29. The van der Waals surface area contributed by atoms with E-state index in [1.807, 2.05) is 26.4 Å². The molecule has 1 atom stereocenters. The van der Waals surface area contributed by atoms with Crippen LogP contribution in [0.25, 0.3) is 0 Å². The van der Waals surface area contributed by atoms with Gasteiger partial charge in [-0.05, 0) is 45.6 Å². The summed E-state index contributed by atoms with van der Waals surface area (Å²) >= 11 is 0. The van der Waals surface area contributed by atoms with Crippen molar-refractivity contribution in [3.05, 3.63) is 53.4 Å². The fraction of sp³-hybridized carbons (Fsp3) is 0.474. The average Bonchev–Trinajstić information content (AvgIpc) is 3.04. The van der Waals surface area contributed by atoms with Crippen molar-refractivity contribution >= 4 is 0 Å². The minimum atomic E-state index is -0.229. The number of hydrogen-bond acceptors (Lipinski definition) is 5. The molecule has 1 saturated heterocycles. The SMILES string of the molecule is COc1ccc(CN2CCC[C@H]2c2nccc(CN(C)C)n2)c(F)c1. The monoisotopic (exact) mass is 344 g/mol. The van der Waals surface area contributed by atoms with Gasteiger partial charge in [0, 0.05) is 30.9 Å². The summed E-state index contributed by atoms with van der Waals surface area (Å²) in [6, 6.07) is 7.13. The van der Waals surface area contributed by atoms with E-state index in [0.717, 1.165) is 37.4 Å². The van der Waals surface area contributed by atoms with Gasteiger partial charge in [-0.3, -0.25) is 4.90 Å². The van der Waals surface area contributed by atoms with Crippen LogP contribution in [0, 0.1) is 5.82 Å². The lowest BCUT2D eigenvalue weighted by atomic mass is 10.1. The molecule has 0 N–H and O–H groups in total. The largest absolute Gasteiger partial charge is 0.497 e. The van der Waals surface area contributed by atoms with Crippen LogP contribution in [0.1, 0.15) is 36.0 Å². The molecule has 5 nitrogen and oxygen atoms in total. The zero-order valence-corrected chi connectivity index (χ0v) is 15.1. The number of benzene rings is 1. The third kappa shape index (κ3) is 4.32. The number of nitrogens with zero attached hydrogens (tertiary/aromatic N) is 4. The van der Waals surface area contributed by atoms with Crippen molar-refractivity contribution in [1.29, 1.82) is 0 Å². The van der Waals surface area contributed by atoms with Crippen LogP contribution in [0.5, 0.6) is 5.75 Å². The van der Waals surface area contributed by atoms with E-state index in [-0.39, 0.29) is 11.9 Å². The summed E-state index contributed by atoms with van der Waals surface area (Å²) in [5.74, 6) is 1.15. The summed E-state index contributed by atoms with van der Waals surface area (Å²) in [5, 5.41) is 0. The quantitative estimate of drug-likeness (QED) is 0.806. The second kappa shape index (κ2) is 7.89. The van der Waals surface area contributed by atoms with Crippen molar-refractivity contribution in [2.45, 2.75) is 32.0 Å². The first kappa shape index (κ1) is 17.8. The lowest BCUT2D eigenvalue weighted by Gasteiger charge is -2.24. The lowest BCUT2D eigenvalue weighted by molar-refractivity contribution is 0.235. The van der Waals surface area contributed by atoms with Gasteiger partial charge in [-0.25, -0.2) is 14.4 Å². The van der Waals surface area contributed by atoms with E-state index in [1.54, 1.807) is 19.2 Å². The highest BCUT2D eigenvalue weighted by Crippen LogP contribution is 2.32. The number of likely N-dealkylation sites (tertiary alicyclic amines) is 1. The summed E-state index contributed by atoms with van der Waals surface area (Å²) in [6.07, 6.45) is 3.90. The van der Waals surface area contributed by atoms with Crippen LogP contribution in [0.3, 0.4) is 0 Å². The Kier molecular flexibility index (Phi) is 5.60. The van der Waals surface area contributed by atoms with E-state index in [2.05, 4.69) is 14.8 Å². The van der Waals surface area contributed by atoms with Gasteiger partial charge >= 0.3 is 0 Å². The molecule has 0 aliphatic carbocycles. The molecule has 0 unspecified atom stereocenters. The Hall–Kier alpha value is -2.05. The lowest BCUT2D eigenvalue weighted by Crippen LogP contribution is -2.25. The van der Waals surface area contributed by atoms with E-state index in [9.17, 15) is 4.39 Å². The maximum Gasteiger partial charge on any atom is 0.145 e. The van der Waals surface area contributed by atoms with Crippen molar-refractivity contribution < 1.29 is 9.13 Å². The van der Waals surface area contributed by atoms with Crippen LogP contribution in [-0.4, -0.2) is 47.5 Å².